The molecule has 0 heterocycles. The summed E-state index contributed by atoms with van der Waals surface area (Å²) in [6, 6.07) is 17.6. The Balaban J connectivity index is 1.64. The van der Waals surface area contributed by atoms with Gasteiger partial charge in [-0.25, -0.2) is 12.8 Å². The number of hydrogen-bond acceptors (Lipinski definition) is 5. The highest BCUT2D eigenvalue weighted by Crippen LogP contribution is 2.21. The van der Waals surface area contributed by atoms with E-state index in [1.54, 1.807) is 31.2 Å². The number of nitrogens with one attached hydrogen (secondary N) is 2. The van der Waals surface area contributed by atoms with E-state index in [0.29, 0.717) is 29.3 Å². The van der Waals surface area contributed by atoms with Gasteiger partial charge in [-0.1, -0.05) is 6.92 Å². The fraction of sp³-hybridized carbons (Fsp3) is 0.174. The lowest BCUT2D eigenvalue weighted by molar-refractivity contribution is -0.122. The predicted octanol–water partition coefficient (Wildman–Crippen LogP) is 4.43. The number of sulfonamides is 1. The molecule has 1 amide bonds. The van der Waals surface area contributed by atoms with Gasteiger partial charge in [-0.3, -0.25) is 9.52 Å². The SMILES string of the molecule is CCC(Oc1ccc(F)cc1)C(=O)Nc1ccc(S(=O)(=O)Nc2ccc(OC)cc2)cc1. The van der Waals surface area contributed by atoms with Crippen molar-refractivity contribution in [2.24, 2.45) is 0 Å². The summed E-state index contributed by atoms with van der Waals surface area (Å²) in [5.41, 5.74) is 0.812. The number of anilines is 2. The van der Waals surface area contributed by atoms with Crippen LogP contribution in [0.5, 0.6) is 11.5 Å². The topological polar surface area (TPSA) is 93.7 Å². The molecule has 0 saturated heterocycles. The molecule has 0 aliphatic carbocycles. The monoisotopic (exact) mass is 458 g/mol. The molecule has 0 aromatic heterocycles. The van der Waals surface area contributed by atoms with Gasteiger partial charge in [0.2, 0.25) is 0 Å². The molecule has 0 saturated carbocycles. The molecular formula is C23H23FN2O5S. The smallest absolute Gasteiger partial charge is 0.265 e. The van der Waals surface area contributed by atoms with Crippen molar-refractivity contribution in [3.63, 3.8) is 0 Å². The van der Waals surface area contributed by atoms with Crippen LogP contribution in [0.1, 0.15) is 13.3 Å². The van der Waals surface area contributed by atoms with Crippen LogP contribution in [0.2, 0.25) is 0 Å². The molecule has 0 radical (unpaired) electrons. The number of hydrogen-bond donors (Lipinski definition) is 2. The second-order valence-electron chi connectivity index (χ2n) is 6.82. The molecule has 0 aliphatic rings. The summed E-state index contributed by atoms with van der Waals surface area (Å²) in [5.74, 6) is 0.191. The summed E-state index contributed by atoms with van der Waals surface area (Å²) >= 11 is 0. The van der Waals surface area contributed by atoms with Gasteiger partial charge in [0.15, 0.2) is 6.10 Å². The second kappa shape index (κ2) is 10.1. The molecule has 9 heteroatoms. The van der Waals surface area contributed by atoms with E-state index in [9.17, 15) is 17.6 Å². The third-order valence-electron chi connectivity index (χ3n) is 4.53. The summed E-state index contributed by atoms with van der Waals surface area (Å²) in [6.07, 6.45) is -0.401. The number of benzene rings is 3. The van der Waals surface area contributed by atoms with Gasteiger partial charge in [0.05, 0.1) is 12.0 Å². The van der Waals surface area contributed by atoms with Crippen LogP contribution in [-0.2, 0) is 14.8 Å². The zero-order valence-electron chi connectivity index (χ0n) is 17.5. The molecule has 32 heavy (non-hydrogen) atoms. The van der Waals surface area contributed by atoms with Gasteiger partial charge < -0.3 is 14.8 Å². The van der Waals surface area contributed by atoms with Crippen LogP contribution >= 0.6 is 0 Å². The van der Waals surface area contributed by atoms with E-state index in [2.05, 4.69) is 10.0 Å². The van der Waals surface area contributed by atoms with E-state index >= 15 is 0 Å². The lowest BCUT2D eigenvalue weighted by Gasteiger charge is -2.17. The highest BCUT2D eigenvalue weighted by atomic mass is 32.2. The Bertz CT molecular complexity index is 1150. The van der Waals surface area contributed by atoms with E-state index in [1.165, 1.54) is 55.6 Å². The van der Waals surface area contributed by atoms with Crippen LogP contribution < -0.4 is 19.5 Å². The first kappa shape index (κ1) is 23.1. The van der Waals surface area contributed by atoms with Crippen molar-refractivity contribution >= 4 is 27.3 Å². The maximum Gasteiger partial charge on any atom is 0.265 e. The molecule has 3 rings (SSSR count). The van der Waals surface area contributed by atoms with E-state index < -0.39 is 27.9 Å². The Kier molecular flexibility index (Phi) is 7.32. The molecule has 7 nitrogen and oxygen atoms in total. The summed E-state index contributed by atoms with van der Waals surface area (Å²) in [7, 11) is -2.28. The van der Waals surface area contributed by atoms with Gasteiger partial charge >= 0.3 is 0 Å². The van der Waals surface area contributed by atoms with Crippen LogP contribution in [0.4, 0.5) is 15.8 Å². The van der Waals surface area contributed by atoms with Crippen molar-refractivity contribution in [2.45, 2.75) is 24.3 Å². The molecule has 1 atom stereocenters. The third-order valence-corrected chi connectivity index (χ3v) is 5.93. The van der Waals surface area contributed by atoms with Crippen molar-refractivity contribution in [3.05, 3.63) is 78.6 Å². The first-order chi connectivity index (χ1) is 15.3. The minimum atomic E-state index is -3.80. The molecule has 0 bridgehead atoms. The van der Waals surface area contributed by atoms with Gasteiger partial charge in [0.1, 0.15) is 17.3 Å². The summed E-state index contributed by atoms with van der Waals surface area (Å²) < 4.78 is 51.4. The summed E-state index contributed by atoms with van der Waals surface area (Å²) in [6.45, 7) is 1.79. The fourth-order valence-corrected chi connectivity index (χ4v) is 3.87. The Morgan fingerprint density at radius 2 is 1.47 bits per heavy atom. The Morgan fingerprint density at radius 1 is 0.906 bits per heavy atom. The van der Waals surface area contributed by atoms with Crippen molar-refractivity contribution in [1.82, 2.24) is 0 Å². The van der Waals surface area contributed by atoms with E-state index in [0.717, 1.165) is 0 Å². The maximum absolute atomic E-state index is 13.0. The lowest BCUT2D eigenvalue weighted by atomic mass is 10.2. The van der Waals surface area contributed by atoms with Crippen LogP contribution in [-0.4, -0.2) is 27.5 Å². The molecular weight excluding hydrogens is 435 g/mol. The molecule has 0 fully saturated rings. The Hall–Kier alpha value is -3.59. The van der Waals surface area contributed by atoms with Gasteiger partial charge in [-0.15, -0.1) is 0 Å². The molecule has 2 N–H and O–H groups in total. The number of halogens is 1. The van der Waals surface area contributed by atoms with Crippen LogP contribution in [0.15, 0.2) is 77.7 Å². The highest BCUT2D eigenvalue weighted by Gasteiger charge is 2.19. The highest BCUT2D eigenvalue weighted by molar-refractivity contribution is 7.92. The lowest BCUT2D eigenvalue weighted by Crippen LogP contribution is -2.32. The first-order valence-electron chi connectivity index (χ1n) is 9.81. The van der Waals surface area contributed by atoms with Crippen LogP contribution in [0.25, 0.3) is 0 Å². The molecule has 0 spiro atoms. The van der Waals surface area contributed by atoms with Crippen LogP contribution in [0.3, 0.4) is 0 Å². The standard InChI is InChI=1S/C23H23FN2O5S/c1-3-22(31-20-10-4-16(24)5-11-20)23(27)25-17-8-14-21(15-9-17)32(28,29)26-18-6-12-19(30-2)13-7-18/h4-15,22,26H,3H2,1-2H3,(H,25,27). The third kappa shape index (κ3) is 5.98. The molecule has 3 aromatic carbocycles. The van der Waals surface area contributed by atoms with Gasteiger partial charge in [-0.2, -0.15) is 0 Å². The quantitative estimate of drug-likeness (QED) is 0.495. The predicted molar refractivity (Wildman–Crippen MR) is 120 cm³/mol. The number of rotatable bonds is 9. The summed E-state index contributed by atoms with van der Waals surface area (Å²) in [4.78, 5) is 12.6. The largest absolute Gasteiger partial charge is 0.497 e. The van der Waals surface area contributed by atoms with Crippen molar-refractivity contribution in [2.75, 3.05) is 17.1 Å². The fourth-order valence-electron chi connectivity index (χ4n) is 2.81. The number of carbonyl (C=O) groups is 1. The average Bonchev–Trinajstić information content (AvgIpc) is 2.79. The van der Waals surface area contributed by atoms with Gasteiger partial charge in [0, 0.05) is 11.4 Å². The molecule has 1 unspecified atom stereocenters. The second-order valence-corrected chi connectivity index (χ2v) is 8.50. The molecule has 0 aliphatic heterocycles. The van der Waals surface area contributed by atoms with Gasteiger partial charge in [-0.05, 0) is 79.2 Å². The van der Waals surface area contributed by atoms with E-state index in [-0.39, 0.29) is 4.90 Å². The number of amides is 1. The van der Waals surface area contributed by atoms with Crippen molar-refractivity contribution < 1.29 is 27.1 Å². The molecule has 168 valence electrons. The van der Waals surface area contributed by atoms with E-state index in [1.807, 2.05) is 0 Å². The summed E-state index contributed by atoms with van der Waals surface area (Å²) in [5, 5.41) is 2.70. The minimum absolute atomic E-state index is 0.0425. The minimum Gasteiger partial charge on any atom is -0.497 e. The zero-order chi connectivity index (χ0) is 23.1. The Labute approximate surface area is 186 Å². The van der Waals surface area contributed by atoms with Gasteiger partial charge in [0.25, 0.3) is 15.9 Å². The average molecular weight is 459 g/mol. The van der Waals surface area contributed by atoms with Crippen molar-refractivity contribution in [1.29, 1.82) is 0 Å². The van der Waals surface area contributed by atoms with E-state index in [4.69, 9.17) is 9.47 Å². The number of methoxy groups -OCH3 is 1. The number of carbonyl (C=O) groups excluding carboxylic acids is 1. The number of ether oxygens (including phenoxy) is 2. The zero-order valence-corrected chi connectivity index (χ0v) is 18.4. The Morgan fingerprint density at radius 3 is 2.03 bits per heavy atom. The first-order valence-corrected chi connectivity index (χ1v) is 11.3. The maximum atomic E-state index is 13.0. The van der Waals surface area contributed by atoms with Crippen LogP contribution in [0, 0.1) is 5.82 Å². The molecule has 3 aromatic rings. The normalized spacial score (nSPS) is 12.0. The van der Waals surface area contributed by atoms with Crippen molar-refractivity contribution in [3.8, 4) is 11.5 Å².